The van der Waals surface area contributed by atoms with Crippen molar-refractivity contribution in [2.75, 3.05) is 91.2 Å². The maximum atomic E-state index is 14.3. The van der Waals surface area contributed by atoms with E-state index in [0.717, 1.165) is 65.6 Å². The average Bonchev–Trinajstić information content (AvgIpc) is 2.97. The lowest BCUT2D eigenvalue weighted by molar-refractivity contribution is 0.0240. The van der Waals surface area contributed by atoms with Crippen molar-refractivity contribution in [3.05, 3.63) is 47.5 Å². The molecule has 41 heavy (non-hydrogen) atoms. The van der Waals surface area contributed by atoms with E-state index >= 15 is 0 Å². The molecular weight excluding hydrogens is 574 g/mol. The lowest BCUT2D eigenvalue weighted by Gasteiger charge is -2.37. The molecule has 0 spiro atoms. The van der Waals surface area contributed by atoms with Crippen molar-refractivity contribution in [1.29, 1.82) is 0 Å². The Morgan fingerprint density at radius 2 is 1.71 bits per heavy atom. The number of anilines is 2. The summed E-state index contributed by atoms with van der Waals surface area (Å²) < 4.78 is 31.3. The molecule has 10 nitrogen and oxygen atoms in total. The molecule has 2 aliphatic rings. The van der Waals surface area contributed by atoms with Crippen LogP contribution in [0.4, 0.5) is 15.9 Å². The molecule has 224 valence electrons. The van der Waals surface area contributed by atoms with Crippen LogP contribution in [-0.4, -0.2) is 122 Å². The summed E-state index contributed by atoms with van der Waals surface area (Å²) in [6.45, 7) is 10.3. The van der Waals surface area contributed by atoms with Gasteiger partial charge in [0, 0.05) is 75.4 Å². The van der Waals surface area contributed by atoms with Gasteiger partial charge in [0.05, 0.1) is 31.5 Å². The molecule has 2 aliphatic heterocycles. The van der Waals surface area contributed by atoms with Crippen LogP contribution in [0.2, 0.25) is 5.02 Å². The molecule has 0 radical (unpaired) electrons. The number of aliphatic hydroxyl groups excluding tert-OH is 1. The predicted molar refractivity (Wildman–Crippen MR) is 160 cm³/mol. The molecule has 3 heterocycles. The summed E-state index contributed by atoms with van der Waals surface area (Å²) in [4.78, 5) is 15.8. The number of aromatic nitrogens is 2. The van der Waals surface area contributed by atoms with Crippen LogP contribution < -0.4 is 14.8 Å². The lowest BCUT2D eigenvalue weighted by Crippen LogP contribution is -2.51. The zero-order chi connectivity index (χ0) is 27.9. The minimum atomic E-state index is -0.657. The number of methoxy groups -OCH3 is 1. The fraction of sp³-hybridized carbons (Fsp3) is 0.500. The van der Waals surface area contributed by atoms with Gasteiger partial charge in [-0.05, 0) is 24.3 Å². The molecule has 5 rings (SSSR count). The van der Waals surface area contributed by atoms with Gasteiger partial charge in [-0.3, -0.25) is 14.7 Å². The van der Waals surface area contributed by atoms with Crippen LogP contribution >= 0.6 is 24.0 Å². The molecule has 0 bridgehead atoms. The van der Waals surface area contributed by atoms with Crippen LogP contribution in [0.1, 0.15) is 0 Å². The number of piperazine rings is 1. The highest BCUT2D eigenvalue weighted by atomic mass is 35.5. The van der Waals surface area contributed by atoms with Gasteiger partial charge in [0.15, 0.2) is 11.5 Å². The SMILES string of the molecule is COc1cc2c(Nc3ccc(Cl)cc3F)ncnc2cc1OCC(O)CN1CCN(CCN2CCOCC2)CC1.Cl. The number of nitrogens with one attached hydrogen (secondary N) is 1. The minimum Gasteiger partial charge on any atom is -0.493 e. The maximum Gasteiger partial charge on any atom is 0.163 e. The van der Waals surface area contributed by atoms with Crippen LogP contribution in [0.3, 0.4) is 0 Å². The van der Waals surface area contributed by atoms with E-state index in [1.165, 1.54) is 12.4 Å². The van der Waals surface area contributed by atoms with Crippen LogP contribution in [0.25, 0.3) is 10.9 Å². The predicted octanol–water partition coefficient (Wildman–Crippen LogP) is 3.29. The molecule has 0 saturated carbocycles. The van der Waals surface area contributed by atoms with Gasteiger partial charge in [0.2, 0.25) is 0 Å². The van der Waals surface area contributed by atoms with Crippen molar-refractivity contribution in [3.63, 3.8) is 0 Å². The molecule has 0 amide bonds. The van der Waals surface area contributed by atoms with Crippen molar-refractivity contribution < 1.29 is 23.7 Å². The molecule has 2 fully saturated rings. The first-order valence-electron chi connectivity index (χ1n) is 13.6. The van der Waals surface area contributed by atoms with E-state index < -0.39 is 11.9 Å². The Balaban J connectivity index is 0.00000387. The van der Waals surface area contributed by atoms with Crippen LogP contribution in [-0.2, 0) is 4.74 Å². The third kappa shape index (κ3) is 8.51. The fourth-order valence-electron chi connectivity index (χ4n) is 4.99. The smallest absolute Gasteiger partial charge is 0.163 e. The van der Waals surface area contributed by atoms with Crippen molar-refractivity contribution in [1.82, 2.24) is 24.7 Å². The van der Waals surface area contributed by atoms with E-state index in [0.29, 0.717) is 39.8 Å². The number of ether oxygens (including phenoxy) is 3. The van der Waals surface area contributed by atoms with Gasteiger partial charge in [0.1, 0.15) is 30.7 Å². The molecule has 1 unspecified atom stereocenters. The van der Waals surface area contributed by atoms with E-state index in [1.807, 2.05) is 0 Å². The van der Waals surface area contributed by atoms with Crippen molar-refractivity contribution in [2.24, 2.45) is 0 Å². The molecule has 3 aromatic rings. The zero-order valence-electron chi connectivity index (χ0n) is 23.1. The van der Waals surface area contributed by atoms with Crippen molar-refractivity contribution in [3.8, 4) is 11.5 Å². The number of morpholine rings is 1. The number of hydrogen-bond acceptors (Lipinski definition) is 10. The highest BCUT2D eigenvalue weighted by Crippen LogP contribution is 2.35. The number of hydrogen-bond donors (Lipinski definition) is 2. The number of rotatable bonds is 11. The molecule has 0 aliphatic carbocycles. The molecule has 2 N–H and O–H groups in total. The molecule has 1 atom stereocenters. The first kappa shape index (κ1) is 31.4. The van der Waals surface area contributed by atoms with E-state index in [2.05, 4.69) is 30.0 Å². The Morgan fingerprint density at radius 1 is 1.00 bits per heavy atom. The van der Waals surface area contributed by atoms with Crippen molar-refractivity contribution >= 4 is 46.4 Å². The van der Waals surface area contributed by atoms with Crippen LogP contribution in [0.15, 0.2) is 36.7 Å². The highest BCUT2D eigenvalue weighted by Gasteiger charge is 2.21. The number of nitrogens with zero attached hydrogens (tertiary/aromatic N) is 5. The minimum absolute atomic E-state index is 0. The Kier molecular flexibility index (Phi) is 11.6. The van der Waals surface area contributed by atoms with E-state index in [9.17, 15) is 9.50 Å². The average molecular weight is 612 g/mol. The van der Waals surface area contributed by atoms with Crippen LogP contribution in [0.5, 0.6) is 11.5 Å². The summed E-state index contributed by atoms with van der Waals surface area (Å²) in [6, 6.07) is 7.86. The summed E-state index contributed by atoms with van der Waals surface area (Å²) in [7, 11) is 1.54. The standard InChI is InChI=1S/C28H36ClFN6O4.ClH/c1-38-26-15-22-25(31-19-32-28(22)33-24-3-2-20(29)14-23(24)30)16-27(26)40-18-21(37)17-36-8-6-34(7-9-36)4-5-35-10-12-39-13-11-35;/h2-3,14-16,19,21,37H,4-13,17-18H2,1H3,(H,31,32,33);1H. The second-order valence-corrected chi connectivity index (χ2v) is 10.5. The molecular formula is C28H37Cl2FN6O4. The van der Waals surface area contributed by atoms with Crippen molar-refractivity contribution in [2.45, 2.75) is 6.10 Å². The van der Waals surface area contributed by atoms with Gasteiger partial charge in [-0.15, -0.1) is 12.4 Å². The van der Waals surface area contributed by atoms with Gasteiger partial charge in [0.25, 0.3) is 0 Å². The number of aliphatic hydroxyl groups is 1. The fourth-order valence-corrected chi connectivity index (χ4v) is 5.15. The maximum absolute atomic E-state index is 14.3. The van der Waals surface area contributed by atoms with Gasteiger partial charge >= 0.3 is 0 Å². The molecule has 2 aromatic carbocycles. The summed E-state index contributed by atoms with van der Waals surface area (Å²) in [6.07, 6.45) is 0.736. The monoisotopic (exact) mass is 610 g/mol. The van der Waals surface area contributed by atoms with Crippen LogP contribution in [0, 0.1) is 5.82 Å². The molecule has 1 aromatic heterocycles. The summed E-state index contributed by atoms with van der Waals surface area (Å²) in [5.41, 5.74) is 0.829. The number of β-amino-alcohol motifs (C(OH)–C–C–N with tert-alkyl or cyclic N) is 1. The molecule has 2 saturated heterocycles. The quantitative estimate of drug-likeness (QED) is 0.337. The van der Waals surface area contributed by atoms with Gasteiger partial charge < -0.3 is 24.6 Å². The lowest BCUT2D eigenvalue weighted by atomic mass is 10.2. The van der Waals surface area contributed by atoms with E-state index in [4.69, 9.17) is 25.8 Å². The first-order chi connectivity index (χ1) is 19.5. The Morgan fingerprint density at radius 3 is 2.41 bits per heavy atom. The van der Waals surface area contributed by atoms with E-state index in [1.54, 1.807) is 31.4 Å². The zero-order valence-corrected chi connectivity index (χ0v) is 24.7. The summed E-state index contributed by atoms with van der Waals surface area (Å²) in [5.74, 6) is 0.849. The molecule has 13 heteroatoms. The topological polar surface area (TPSA) is 95.4 Å². The summed E-state index contributed by atoms with van der Waals surface area (Å²) >= 11 is 5.87. The number of benzene rings is 2. The second kappa shape index (κ2) is 15.1. The van der Waals surface area contributed by atoms with Gasteiger partial charge in [-0.2, -0.15) is 0 Å². The van der Waals surface area contributed by atoms with Gasteiger partial charge in [-0.1, -0.05) is 11.6 Å². The first-order valence-corrected chi connectivity index (χ1v) is 14.0. The largest absolute Gasteiger partial charge is 0.493 e. The Labute approximate surface area is 250 Å². The Bertz CT molecular complexity index is 1280. The Hall–Kier alpha value is -2.51. The number of fused-ring (bicyclic) bond motifs is 1. The summed E-state index contributed by atoms with van der Waals surface area (Å²) in [5, 5.41) is 14.7. The second-order valence-electron chi connectivity index (χ2n) is 10.1. The van der Waals surface area contributed by atoms with E-state index in [-0.39, 0.29) is 24.7 Å². The third-order valence-electron chi connectivity index (χ3n) is 7.31. The normalized spacial score (nSPS) is 17.7. The van der Waals surface area contributed by atoms with Gasteiger partial charge in [-0.25, -0.2) is 14.4 Å². The number of halogens is 3. The highest BCUT2D eigenvalue weighted by molar-refractivity contribution is 6.30. The third-order valence-corrected chi connectivity index (χ3v) is 7.54.